The highest BCUT2D eigenvalue weighted by molar-refractivity contribution is 6.31. The van der Waals surface area contributed by atoms with Crippen molar-refractivity contribution in [2.45, 2.75) is 52.0 Å². The zero-order valence-electron chi connectivity index (χ0n) is 13.0. The van der Waals surface area contributed by atoms with E-state index in [1.165, 1.54) is 6.42 Å². The molecule has 0 aromatic heterocycles. The Morgan fingerprint density at radius 1 is 1.38 bits per heavy atom. The van der Waals surface area contributed by atoms with Gasteiger partial charge in [-0.25, -0.2) is 0 Å². The molecule has 2 rings (SSSR count). The van der Waals surface area contributed by atoms with Gasteiger partial charge in [-0.3, -0.25) is 4.79 Å². The summed E-state index contributed by atoms with van der Waals surface area (Å²) in [5.41, 5.74) is 1.58. The van der Waals surface area contributed by atoms with Crippen LogP contribution in [0.5, 0.6) is 0 Å². The van der Waals surface area contributed by atoms with Crippen LogP contribution in [-0.2, 0) is 0 Å². The predicted molar refractivity (Wildman–Crippen MR) is 89.2 cm³/mol. The Kier molecular flexibility index (Phi) is 5.92. The second-order valence-corrected chi connectivity index (χ2v) is 6.09. The van der Waals surface area contributed by atoms with Crippen LogP contribution < -0.4 is 5.32 Å². The van der Waals surface area contributed by atoms with E-state index in [1.807, 2.05) is 19.1 Å². The molecule has 1 aromatic rings. The topological polar surface area (TPSA) is 32.3 Å². The number of carbonyl (C=O) groups is 1. The Balaban J connectivity index is 2.26. The maximum absolute atomic E-state index is 13.0. The van der Waals surface area contributed by atoms with Crippen molar-refractivity contribution in [3.63, 3.8) is 0 Å². The van der Waals surface area contributed by atoms with Crippen LogP contribution in [0.15, 0.2) is 18.2 Å². The first-order valence-electron chi connectivity index (χ1n) is 8.01. The fraction of sp³-hybridized carbons (Fsp3) is 0.588. The van der Waals surface area contributed by atoms with E-state index in [2.05, 4.69) is 17.1 Å². The molecule has 1 atom stereocenters. The molecule has 21 heavy (non-hydrogen) atoms. The molecule has 3 nitrogen and oxygen atoms in total. The standard InChI is InChI=1S/C17H25ClN2O/c1-3-7-14-8-5-6-11-20(14)17(21)15-12-13(18)9-10-16(15)19-4-2/h9-10,12,14,19H,3-8,11H2,1-2H3. The van der Waals surface area contributed by atoms with E-state index >= 15 is 0 Å². The van der Waals surface area contributed by atoms with Crippen molar-refractivity contribution >= 4 is 23.2 Å². The van der Waals surface area contributed by atoms with Gasteiger partial charge in [0, 0.05) is 29.8 Å². The molecule has 0 saturated carbocycles. The lowest BCUT2D eigenvalue weighted by Gasteiger charge is -2.36. The molecular formula is C17H25ClN2O. The van der Waals surface area contributed by atoms with Gasteiger partial charge in [-0.05, 0) is 50.8 Å². The second kappa shape index (κ2) is 7.69. The molecule has 1 unspecified atom stereocenters. The van der Waals surface area contributed by atoms with Crippen molar-refractivity contribution in [2.24, 2.45) is 0 Å². The molecule has 0 bridgehead atoms. The Hall–Kier alpha value is -1.22. The lowest BCUT2D eigenvalue weighted by molar-refractivity contribution is 0.0601. The van der Waals surface area contributed by atoms with Crippen LogP contribution in [0.4, 0.5) is 5.69 Å². The molecular weight excluding hydrogens is 284 g/mol. The zero-order valence-corrected chi connectivity index (χ0v) is 13.7. The largest absolute Gasteiger partial charge is 0.385 e. The Bertz CT molecular complexity index is 488. The fourth-order valence-electron chi connectivity index (χ4n) is 3.09. The SMILES string of the molecule is CCCC1CCCCN1C(=O)c1cc(Cl)ccc1NCC. The van der Waals surface area contributed by atoms with E-state index in [9.17, 15) is 4.79 Å². The number of hydrogen-bond acceptors (Lipinski definition) is 2. The van der Waals surface area contributed by atoms with Gasteiger partial charge in [-0.2, -0.15) is 0 Å². The van der Waals surface area contributed by atoms with Gasteiger partial charge in [-0.15, -0.1) is 0 Å². The third kappa shape index (κ3) is 3.91. The van der Waals surface area contributed by atoms with Crippen molar-refractivity contribution in [1.29, 1.82) is 0 Å². The molecule has 1 N–H and O–H groups in total. The van der Waals surface area contributed by atoms with Gasteiger partial charge < -0.3 is 10.2 Å². The minimum atomic E-state index is 0.117. The van der Waals surface area contributed by atoms with Crippen LogP contribution in [0.25, 0.3) is 0 Å². The highest BCUT2D eigenvalue weighted by Gasteiger charge is 2.28. The van der Waals surface area contributed by atoms with Crippen molar-refractivity contribution < 1.29 is 4.79 Å². The summed E-state index contributed by atoms with van der Waals surface area (Å²) in [6.07, 6.45) is 5.65. The van der Waals surface area contributed by atoms with E-state index in [-0.39, 0.29) is 5.91 Å². The number of hydrogen-bond donors (Lipinski definition) is 1. The van der Waals surface area contributed by atoms with Crippen LogP contribution in [0, 0.1) is 0 Å². The van der Waals surface area contributed by atoms with E-state index in [1.54, 1.807) is 6.07 Å². The van der Waals surface area contributed by atoms with Gasteiger partial charge in [0.15, 0.2) is 0 Å². The second-order valence-electron chi connectivity index (χ2n) is 5.66. The Morgan fingerprint density at radius 2 is 2.19 bits per heavy atom. The quantitative estimate of drug-likeness (QED) is 0.864. The first kappa shape index (κ1) is 16.2. The molecule has 1 fully saturated rings. The third-order valence-corrected chi connectivity index (χ3v) is 4.32. The maximum Gasteiger partial charge on any atom is 0.256 e. The number of anilines is 1. The molecule has 0 spiro atoms. The first-order valence-corrected chi connectivity index (χ1v) is 8.39. The molecule has 4 heteroatoms. The Morgan fingerprint density at radius 3 is 2.90 bits per heavy atom. The monoisotopic (exact) mass is 308 g/mol. The highest BCUT2D eigenvalue weighted by atomic mass is 35.5. The molecule has 1 saturated heterocycles. The molecule has 0 aliphatic carbocycles. The summed E-state index contributed by atoms with van der Waals surface area (Å²) in [6, 6.07) is 5.90. The third-order valence-electron chi connectivity index (χ3n) is 4.09. The van der Waals surface area contributed by atoms with E-state index in [0.29, 0.717) is 16.6 Å². The summed E-state index contributed by atoms with van der Waals surface area (Å²) in [4.78, 5) is 15.0. The average Bonchev–Trinajstić information content (AvgIpc) is 2.49. The predicted octanol–water partition coefficient (Wildman–Crippen LogP) is 4.57. The lowest BCUT2D eigenvalue weighted by atomic mass is 9.97. The lowest BCUT2D eigenvalue weighted by Crippen LogP contribution is -2.43. The van der Waals surface area contributed by atoms with Crippen molar-refractivity contribution in [1.82, 2.24) is 4.90 Å². The number of rotatable bonds is 5. The summed E-state index contributed by atoms with van der Waals surface area (Å²) >= 11 is 6.10. The van der Waals surface area contributed by atoms with Crippen LogP contribution in [-0.4, -0.2) is 29.9 Å². The molecule has 116 valence electrons. The van der Waals surface area contributed by atoms with Crippen molar-refractivity contribution in [2.75, 3.05) is 18.4 Å². The highest BCUT2D eigenvalue weighted by Crippen LogP contribution is 2.27. The summed E-state index contributed by atoms with van der Waals surface area (Å²) in [5, 5.41) is 3.88. The molecule has 1 aliphatic heterocycles. The molecule has 1 amide bonds. The number of amides is 1. The number of nitrogens with one attached hydrogen (secondary N) is 1. The van der Waals surface area contributed by atoms with E-state index in [4.69, 9.17) is 11.6 Å². The van der Waals surface area contributed by atoms with Crippen LogP contribution >= 0.6 is 11.6 Å². The van der Waals surface area contributed by atoms with Gasteiger partial charge in [0.1, 0.15) is 0 Å². The number of carbonyl (C=O) groups excluding carboxylic acids is 1. The van der Waals surface area contributed by atoms with Gasteiger partial charge in [0.2, 0.25) is 0 Å². The molecule has 1 aromatic carbocycles. The fourth-order valence-corrected chi connectivity index (χ4v) is 3.27. The van der Waals surface area contributed by atoms with Gasteiger partial charge >= 0.3 is 0 Å². The summed E-state index contributed by atoms with van der Waals surface area (Å²) in [6.45, 7) is 5.87. The minimum absolute atomic E-state index is 0.117. The molecule has 1 heterocycles. The van der Waals surface area contributed by atoms with Crippen LogP contribution in [0.2, 0.25) is 5.02 Å². The normalized spacial score (nSPS) is 18.6. The number of nitrogens with zero attached hydrogens (tertiary/aromatic N) is 1. The smallest absolute Gasteiger partial charge is 0.256 e. The Labute approximate surface area is 132 Å². The maximum atomic E-state index is 13.0. The number of piperidine rings is 1. The number of halogens is 1. The van der Waals surface area contributed by atoms with Gasteiger partial charge in [-0.1, -0.05) is 24.9 Å². The minimum Gasteiger partial charge on any atom is -0.385 e. The molecule has 1 aliphatic rings. The van der Waals surface area contributed by atoms with E-state index in [0.717, 1.165) is 44.5 Å². The van der Waals surface area contributed by atoms with Gasteiger partial charge in [0.25, 0.3) is 5.91 Å². The zero-order chi connectivity index (χ0) is 15.2. The number of benzene rings is 1. The number of likely N-dealkylation sites (tertiary alicyclic amines) is 1. The van der Waals surface area contributed by atoms with Crippen LogP contribution in [0.3, 0.4) is 0 Å². The van der Waals surface area contributed by atoms with E-state index < -0.39 is 0 Å². The summed E-state index contributed by atoms with van der Waals surface area (Å²) in [7, 11) is 0. The molecule has 0 radical (unpaired) electrons. The first-order chi connectivity index (χ1) is 10.2. The van der Waals surface area contributed by atoms with Crippen LogP contribution in [0.1, 0.15) is 56.3 Å². The van der Waals surface area contributed by atoms with Crippen molar-refractivity contribution in [3.05, 3.63) is 28.8 Å². The van der Waals surface area contributed by atoms with Crippen molar-refractivity contribution in [3.8, 4) is 0 Å². The summed E-state index contributed by atoms with van der Waals surface area (Å²) in [5.74, 6) is 0.117. The van der Waals surface area contributed by atoms with Gasteiger partial charge in [0.05, 0.1) is 5.56 Å². The average molecular weight is 309 g/mol. The summed E-state index contributed by atoms with van der Waals surface area (Å²) < 4.78 is 0.